The Morgan fingerprint density at radius 3 is 2.39 bits per heavy atom. The second kappa shape index (κ2) is 10.7. The number of piperidine rings is 1. The number of nitrogens with zero attached hydrogens (tertiary/aromatic N) is 3. The quantitative estimate of drug-likeness (QED) is 0.359. The fourth-order valence-electron chi connectivity index (χ4n) is 5.47. The molecule has 2 atom stereocenters. The fraction of sp³-hybridized carbons (Fsp3) is 0.560. The molecular weight excluding hydrogens is 473 g/mol. The van der Waals surface area contributed by atoms with E-state index in [0.717, 1.165) is 43.3 Å². The Balaban J connectivity index is 1.43. The largest absolute Gasteiger partial charge is 0.361 e. The topological polar surface area (TPSA) is 53.1 Å². The van der Waals surface area contributed by atoms with Gasteiger partial charge in [-0.25, -0.2) is 4.98 Å². The highest BCUT2D eigenvalue weighted by atomic mass is 35.5. The van der Waals surface area contributed by atoms with Gasteiger partial charge in [-0.15, -0.1) is 0 Å². The van der Waals surface area contributed by atoms with Gasteiger partial charge in [0.05, 0.1) is 0 Å². The highest BCUT2D eigenvalue weighted by Gasteiger charge is 2.34. The smallest absolute Gasteiger partial charge is 0.232 e. The second-order valence-corrected chi connectivity index (χ2v) is 11.1. The Bertz CT molecular complexity index is 952. The van der Waals surface area contributed by atoms with Crippen LogP contribution in [0.15, 0.2) is 30.3 Å². The van der Waals surface area contributed by atoms with E-state index in [2.05, 4.69) is 46.5 Å². The molecule has 2 aromatic rings. The van der Waals surface area contributed by atoms with Crippen LogP contribution in [0, 0.1) is 11.8 Å². The zero-order valence-corrected chi connectivity index (χ0v) is 21.7. The van der Waals surface area contributed by atoms with E-state index >= 15 is 0 Å². The number of thiocarbonyl (C=S) groups is 1. The summed E-state index contributed by atoms with van der Waals surface area (Å²) in [5, 5.41) is 8.30. The van der Waals surface area contributed by atoms with Crippen LogP contribution in [0.3, 0.4) is 0 Å². The summed E-state index contributed by atoms with van der Waals surface area (Å²) in [6, 6.07) is 10.1. The van der Waals surface area contributed by atoms with Gasteiger partial charge in [0, 0.05) is 36.1 Å². The Labute approximate surface area is 212 Å². The first-order valence-electron chi connectivity index (χ1n) is 11.9. The maximum absolute atomic E-state index is 6.35. The van der Waals surface area contributed by atoms with Gasteiger partial charge in [0.2, 0.25) is 5.95 Å². The van der Waals surface area contributed by atoms with Gasteiger partial charge >= 0.3 is 0 Å². The Morgan fingerprint density at radius 1 is 1.06 bits per heavy atom. The van der Waals surface area contributed by atoms with Gasteiger partial charge in [0.15, 0.2) is 5.11 Å². The lowest BCUT2D eigenvalue weighted by Gasteiger charge is -2.38. The third kappa shape index (κ3) is 6.28. The number of rotatable bonds is 5. The van der Waals surface area contributed by atoms with Crippen molar-refractivity contribution in [3.8, 4) is 0 Å². The molecule has 2 aliphatic rings. The van der Waals surface area contributed by atoms with E-state index in [1.165, 1.54) is 31.2 Å². The van der Waals surface area contributed by atoms with E-state index in [-0.39, 0.29) is 5.41 Å². The van der Waals surface area contributed by atoms with Gasteiger partial charge in [-0.1, -0.05) is 68.4 Å². The van der Waals surface area contributed by atoms with E-state index in [4.69, 9.17) is 40.4 Å². The van der Waals surface area contributed by atoms with E-state index in [1.807, 2.05) is 18.2 Å². The van der Waals surface area contributed by atoms with Crippen molar-refractivity contribution in [2.45, 2.75) is 57.8 Å². The summed E-state index contributed by atoms with van der Waals surface area (Å²) in [5.74, 6) is 2.54. The molecule has 1 saturated heterocycles. The van der Waals surface area contributed by atoms with Crippen LogP contribution in [0.5, 0.6) is 0 Å². The third-order valence-electron chi connectivity index (χ3n) is 6.95. The van der Waals surface area contributed by atoms with Crippen molar-refractivity contribution >= 4 is 52.3 Å². The van der Waals surface area contributed by atoms with Gasteiger partial charge in [-0.2, -0.15) is 4.98 Å². The minimum absolute atomic E-state index is 0.0506. The SMILES string of the molecule is C[C@@H]1C[C@@H](C)CN(c2cc(Cl)nc(NC(=S)NCC3(c4ccc(Cl)cc4)CCCCC3)n2)C1. The van der Waals surface area contributed by atoms with Crippen molar-refractivity contribution in [2.24, 2.45) is 11.8 Å². The summed E-state index contributed by atoms with van der Waals surface area (Å²) in [6.07, 6.45) is 7.23. The Morgan fingerprint density at radius 2 is 1.73 bits per heavy atom. The lowest BCUT2D eigenvalue weighted by Crippen LogP contribution is -2.43. The number of nitrogens with one attached hydrogen (secondary N) is 2. The molecule has 1 aliphatic carbocycles. The van der Waals surface area contributed by atoms with Crippen LogP contribution < -0.4 is 15.5 Å². The Hall–Kier alpha value is -1.63. The predicted octanol–water partition coefficient (Wildman–Crippen LogP) is 6.45. The molecule has 1 aliphatic heterocycles. The van der Waals surface area contributed by atoms with Crippen molar-refractivity contribution in [3.05, 3.63) is 46.1 Å². The second-order valence-electron chi connectivity index (χ2n) is 9.88. The van der Waals surface area contributed by atoms with Crippen molar-refractivity contribution in [3.63, 3.8) is 0 Å². The summed E-state index contributed by atoms with van der Waals surface area (Å²) in [4.78, 5) is 11.4. The van der Waals surface area contributed by atoms with Gasteiger partial charge in [-0.3, -0.25) is 0 Å². The van der Waals surface area contributed by atoms with Gasteiger partial charge in [0.1, 0.15) is 11.0 Å². The van der Waals surface area contributed by atoms with E-state index in [1.54, 1.807) is 0 Å². The number of hydrogen-bond donors (Lipinski definition) is 2. The first-order chi connectivity index (χ1) is 15.8. The summed E-state index contributed by atoms with van der Waals surface area (Å²) in [6.45, 7) is 7.28. The van der Waals surface area contributed by atoms with Crippen LogP contribution in [-0.4, -0.2) is 34.7 Å². The molecule has 2 N–H and O–H groups in total. The zero-order chi connectivity index (χ0) is 23.4. The average molecular weight is 507 g/mol. The lowest BCUT2D eigenvalue weighted by molar-refractivity contribution is 0.292. The molecule has 0 bridgehead atoms. The monoisotopic (exact) mass is 505 g/mol. The molecular formula is C25H33Cl2N5S. The third-order valence-corrected chi connectivity index (χ3v) is 7.65. The standard InChI is InChI=1S/C25H33Cl2N5S/c1-17-12-18(2)15-32(14-17)22-13-21(27)29-23(30-22)31-24(33)28-16-25(10-4-3-5-11-25)19-6-8-20(26)9-7-19/h6-9,13,17-18H,3-5,10-12,14-16H2,1-2H3,(H2,28,29,30,31,33)/t17-,18-/m1/s1. The maximum Gasteiger partial charge on any atom is 0.232 e. The Kier molecular flexibility index (Phi) is 7.98. The number of aromatic nitrogens is 2. The minimum Gasteiger partial charge on any atom is -0.361 e. The first kappa shape index (κ1) is 24.5. The van der Waals surface area contributed by atoms with E-state index < -0.39 is 0 Å². The molecule has 5 nitrogen and oxygen atoms in total. The summed E-state index contributed by atoms with van der Waals surface area (Å²) >= 11 is 18.1. The van der Waals surface area contributed by atoms with Gasteiger partial charge in [0.25, 0.3) is 0 Å². The molecule has 8 heteroatoms. The van der Waals surface area contributed by atoms with Gasteiger partial charge < -0.3 is 15.5 Å². The molecule has 0 amide bonds. The van der Waals surface area contributed by atoms with E-state index in [9.17, 15) is 0 Å². The van der Waals surface area contributed by atoms with Crippen LogP contribution in [0.25, 0.3) is 0 Å². The number of anilines is 2. The highest BCUT2D eigenvalue weighted by Crippen LogP contribution is 2.39. The molecule has 2 fully saturated rings. The van der Waals surface area contributed by atoms with Crippen molar-refractivity contribution < 1.29 is 0 Å². The first-order valence-corrected chi connectivity index (χ1v) is 13.1. The van der Waals surface area contributed by atoms with Crippen LogP contribution in [-0.2, 0) is 5.41 Å². The molecule has 1 saturated carbocycles. The molecule has 0 spiro atoms. The van der Waals surface area contributed by atoms with Crippen LogP contribution >= 0.6 is 35.4 Å². The van der Waals surface area contributed by atoms with E-state index in [0.29, 0.717) is 28.0 Å². The molecule has 2 heterocycles. The summed E-state index contributed by atoms with van der Waals surface area (Å²) in [5.41, 5.74) is 1.37. The fourth-order valence-corrected chi connectivity index (χ4v) is 5.94. The predicted molar refractivity (Wildman–Crippen MR) is 143 cm³/mol. The molecule has 1 aromatic heterocycles. The number of benzene rings is 1. The van der Waals surface area contributed by atoms with Crippen molar-refractivity contribution in [2.75, 3.05) is 29.9 Å². The van der Waals surface area contributed by atoms with Crippen molar-refractivity contribution in [1.82, 2.24) is 15.3 Å². The normalized spacial score (nSPS) is 22.6. The number of halogens is 2. The zero-order valence-electron chi connectivity index (χ0n) is 19.4. The van der Waals surface area contributed by atoms with Crippen molar-refractivity contribution in [1.29, 1.82) is 0 Å². The molecule has 0 unspecified atom stereocenters. The average Bonchev–Trinajstić information content (AvgIpc) is 2.78. The highest BCUT2D eigenvalue weighted by molar-refractivity contribution is 7.80. The minimum atomic E-state index is 0.0506. The molecule has 178 valence electrons. The number of hydrogen-bond acceptors (Lipinski definition) is 4. The molecule has 33 heavy (non-hydrogen) atoms. The van der Waals surface area contributed by atoms with Crippen LogP contribution in [0.1, 0.15) is 57.9 Å². The molecule has 0 radical (unpaired) electrons. The van der Waals surface area contributed by atoms with Crippen LogP contribution in [0.2, 0.25) is 10.2 Å². The lowest BCUT2D eigenvalue weighted by atomic mass is 9.69. The molecule has 1 aromatic carbocycles. The van der Waals surface area contributed by atoms with Gasteiger partial charge in [-0.05, 0) is 61.0 Å². The summed E-state index contributed by atoms with van der Waals surface area (Å²) in [7, 11) is 0. The van der Waals surface area contributed by atoms with Crippen LogP contribution in [0.4, 0.5) is 11.8 Å². The maximum atomic E-state index is 6.35. The molecule has 4 rings (SSSR count). The summed E-state index contributed by atoms with van der Waals surface area (Å²) < 4.78 is 0.